The van der Waals surface area contributed by atoms with Crippen LogP contribution in [-0.4, -0.2) is 7.11 Å². The molecule has 1 heteroatoms. The molecule has 0 bridgehead atoms. The Hall–Kier alpha value is -2.02. The van der Waals surface area contributed by atoms with Gasteiger partial charge in [0.1, 0.15) is 5.75 Å². The number of hydrogen-bond acceptors (Lipinski definition) is 1. The Kier molecular flexibility index (Phi) is 2.66. The van der Waals surface area contributed by atoms with Gasteiger partial charge in [-0.1, -0.05) is 35.9 Å². The monoisotopic (exact) mass is 262 g/mol. The summed E-state index contributed by atoms with van der Waals surface area (Å²) in [5, 5.41) is 2.54. The average molecular weight is 262 g/mol. The molecule has 0 saturated heterocycles. The van der Waals surface area contributed by atoms with Crippen LogP contribution in [0.1, 0.15) is 24.8 Å². The van der Waals surface area contributed by atoms with Gasteiger partial charge in [-0.3, -0.25) is 0 Å². The van der Waals surface area contributed by atoms with Crippen LogP contribution in [0.2, 0.25) is 0 Å². The first-order valence-electron chi connectivity index (χ1n) is 7.32. The van der Waals surface area contributed by atoms with E-state index in [1.807, 2.05) is 6.07 Å². The average Bonchev–Trinajstić information content (AvgIpc) is 2.47. The fraction of sp³-hybridized carbons (Fsp3) is 0.263. The molecule has 0 aliphatic heterocycles. The second kappa shape index (κ2) is 4.52. The Balaban J connectivity index is 1.80. The molecule has 0 spiro atoms. The summed E-state index contributed by atoms with van der Waals surface area (Å²) in [6, 6.07) is 13.1. The van der Waals surface area contributed by atoms with Gasteiger partial charge in [0.25, 0.3) is 0 Å². The fourth-order valence-electron chi connectivity index (χ4n) is 3.37. The van der Waals surface area contributed by atoms with Crippen molar-refractivity contribution in [3.8, 4) is 5.75 Å². The Morgan fingerprint density at radius 1 is 1.05 bits per heavy atom. The lowest BCUT2D eigenvalue weighted by Gasteiger charge is -2.33. The minimum atomic E-state index is 0.727. The highest BCUT2D eigenvalue weighted by Crippen LogP contribution is 2.44. The highest BCUT2D eigenvalue weighted by Gasteiger charge is 2.27. The maximum Gasteiger partial charge on any atom is 0.119 e. The van der Waals surface area contributed by atoms with E-state index in [9.17, 15) is 0 Å². The van der Waals surface area contributed by atoms with Crippen LogP contribution >= 0.6 is 0 Å². The molecule has 1 atom stereocenters. The topological polar surface area (TPSA) is 9.23 Å². The Morgan fingerprint density at radius 3 is 2.70 bits per heavy atom. The summed E-state index contributed by atoms with van der Waals surface area (Å²) in [6.07, 6.45) is 8.42. The zero-order valence-electron chi connectivity index (χ0n) is 11.7. The van der Waals surface area contributed by atoms with Crippen LogP contribution in [0.3, 0.4) is 0 Å². The van der Waals surface area contributed by atoms with Gasteiger partial charge < -0.3 is 4.74 Å². The van der Waals surface area contributed by atoms with Crippen LogP contribution < -0.4 is 4.74 Å². The second-order valence-corrected chi connectivity index (χ2v) is 5.71. The second-order valence-electron chi connectivity index (χ2n) is 5.71. The van der Waals surface area contributed by atoms with Crippen LogP contribution in [0.4, 0.5) is 0 Å². The number of rotatable bonds is 2. The predicted octanol–water partition coefficient (Wildman–Crippen LogP) is 4.97. The number of benzene rings is 2. The number of allylic oxidation sites excluding steroid dienone is 4. The smallest absolute Gasteiger partial charge is 0.119 e. The van der Waals surface area contributed by atoms with Gasteiger partial charge in [0.2, 0.25) is 0 Å². The van der Waals surface area contributed by atoms with E-state index in [-0.39, 0.29) is 0 Å². The zero-order valence-corrected chi connectivity index (χ0v) is 11.7. The number of hydrogen-bond donors (Lipinski definition) is 0. The number of methoxy groups -OCH3 is 1. The summed E-state index contributed by atoms with van der Waals surface area (Å²) < 4.78 is 5.29. The van der Waals surface area contributed by atoms with E-state index in [4.69, 9.17) is 4.74 Å². The van der Waals surface area contributed by atoms with E-state index in [0.717, 1.165) is 18.1 Å². The standard InChI is InChI=1S/C19H18O/c1-20-17-9-7-14-11-16(6-5-15(14)12-17)18-4-2-3-13-8-10-19(13)18/h2-3,5-7,9,11-13H,4,8,10H2,1H3/t13-/m0/s1. The van der Waals surface area contributed by atoms with Crippen molar-refractivity contribution in [1.29, 1.82) is 0 Å². The van der Waals surface area contributed by atoms with E-state index in [0.29, 0.717) is 0 Å². The van der Waals surface area contributed by atoms with E-state index in [1.54, 1.807) is 18.3 Å². The summed E-state index contributed by atoms with van der Waals surface area (Å²) in [4.78, 5) is 0. The molecule has 1 saturated carbocycles. The Bertz CT molecular complexity index is 737. The lowest BCUT2D eigenvalue weighted by Crippen LogP contribution is -2.17. The van der Waals surface area contributed by atoms with E-state index in [1.165, 1.54) is 29.2 Å². The van der Waals surface area contributed by atoms with Gasteiger partial charge in [-0.15, -0.1) is 0 Å². The van der Waals surface area contributed by atoms with Crippen LogP contribution in [0, 0.1) is 5.92 Å². The summed E-state index contributed by atoms with van der Waals surface area (Å²) in [7, 11) is 1.72. The predicted molar refractivity (Wildman–Crippen MR) is 83.9 cm³/mol. The van der Waals surface area contributed by atoms with Crippen molar-refractivity contribution in [3.05, 3.63) is 59.7 Å². The summed E-state index contributed by atoms with van der Waals surface area (Å²) in [5.41, 5.74) is 4.62. The molecule has 2 aromatic carbocycles. The van der Waals surface area contributed by atoms with Gasteiger partial charge in [0.05, 0.1) is 7.11 Å². The molecule has 0 amide bonds. The normalized spacial score (nSPS) is 20.8. The maximum atomic E-state index is 5.29. The van der Waals surface area contributed by atoms with Crippen molar-refractivity contribution >= 4 is 16.3 Å². The molecule has 2 aliphatic carbocycles. The fourth-order valence-corrected chi connectivity index (χ4v) is 3.37. The van der Waals surface area contributed by atoms with E-state index < -0.39 is 0 Å². The number of ether oxygens (including phenoxy) is 1. The van der Waals surface area contributed by atoms with Crippen molar-refractivity contribution < 1.29 is 4.74 Å². The highest BCUT2D eigenvalue weighted by atomic mass is 16.5. The van der Waals surface area contributed by atoms with Gasteiger partial charge in [0.15, 0.2) is 0 Å². The first-order chi connectivity index (χ1) is 9.85. The minimum absolute atomic E-state index is 0.727. The maximum absolute atomic E-state index is 5.29. The molecule has 0 heterocycles. The van der Waals surface area contributed by atoms with Crippen LogP contribution in [-0.2, 0) is 0 Å². The molecule has 1 fully saturated rings. The molecule has 0 N–H and O–H groups in total. The molecule has 2 aromatic rings. The van der Waals surface area contributed by atoms with Gasteiger partial charge in [-0.2, -0.15) is 0 Å². The van der Waals surface area contributed by atoms with Crippen LogP contribution in [0.5, 0.6) is 5.75 Å². The third-order valence-electron chi connectivity index (χ3n) is 4.65. The number of fused-ring (bicyclic) bond motifs is 2. The highest BCUT2D eigenvalue weighted by molar-refractivity contribution is 5.88. The molecule has 0 unspecified atom stereocenters. The van der Waals surface area contributed by atoms with Gasteiger partial charge in [-0.25, -0.2) is 0 Å². The largest absolute Gasteiger partial charge is 0.497 e. The Morgan fingerprint density at radius 2 is 1.90 bits per heavy atom. The zero-order chi connectivity index (χ0) is 13.5. The molecular weight excluding hydrogens is 244 g/mol. The quantitative estimate of drug-likeness (QED) is 0.694. The summed E-state index contributed by atoms with van der Waals surface area (Å²) in [5.74, 6) is 1.65. The lowest BCUT2D eigenvalue weighted by molar-refractivity contribution is 0.415. The minimum Gasteiger partial charge on any atom is -0.497 e. The first-order valence-corrected chi connectivity index (χ1v) is 7.32. The van der Waals surface area contributed by atoms with Crippen molar-refractivity contribution in [2.75, 3.05) is 7.11 Å². The van der Waals surface area contributed by atoms with Gasteiger partial charge in [-0.05, 0) is 65.3 Å². The van der Waals surface area contributed by atoms with Crippen LogP contribution in [0.25, 0.3) is 16.3 Å². The molecular formula is C19H18O. The summed E-state index contributed by atoms with van der Waals surface area (Å²) >= 11 is 0. The Labute approximate surface area is 119 Å². The first kappa shape index (κ1) is 11.8. The van der Waals surface area contributed by atoms with E-state index >= 15 is 0 Å². The molecule has 4 rings (SSSR count). The van der Waals surface area contributed by atoms with Gasteiger partial charge >= 0.3 is 0 Å². The molecule has 1 nitrogen and oxygen atoms in total. The van der Waals surface area contributed by atoms with Crippen molar-refractivity contribution in [2.45, 2.75) is 19.3 Å². The third kappa shape index (κ3) is 1.77. The third-order valence-corrected chi connectivity index (χ3v) is 4.65. The van der Waals surface area contributed by atoms with Crippen molar-refractivity contribution in [1.82, 2.24) is 0 Å². The van der Waals surface area contributed by atoms with Gasteiger partial charge in [0, 0.05) is 0 Å². The summed E-state index contributed by atoms with van der Waals surface area (Å²) in [6.45, 7) is 0. The van der Waals surface area contributed by atoms with Crippen LogP contribution in [0.15, 0.2) is 54.1 Å². The molecule has 2 aliphatic rings. The van der Waals surface area contributed by atoms with E-state index in [2.05, 4.69) is 42.5 Å². The molecule has 0 aromatic heterocycles. The molecule has 20 heavy (non-hydrogen) atoms. The van der Waals surface area contributed by atoms with Crippen molar-refractivity contribution in [2.24, 2.45) is 5.92 Å². The molecule has 100 valence electrons. The SMILES string of the molecule is COc1ccc2cc(C3=C4CC[C@@H]4C=CC3)ccc2c1. The van der Waals surface area contributed by atoms with Crippen molar-refractivity contribution in [3.63, 3.8) is 0 Å². The lowest BCUT2D eigenvalue weighted by atomic mass is 9.71. The molecule has 0 radical (unpaired) electrons.